The first-order valence-corrected chi connectivity index (χ1v) is 7.18. The van der Waals surface area contributed by atoms with Crippen molar-refractivity contribution in [1.82, 2.24) is 0 Å². The second kappa shape index (κ2) is 6.56. The SMILES string of the molecule is COC(=O)[C@H]1[Se][C@@H](OC(C)=O)C=C[C@H]1OC(C)=O. The standard InChI is InChI=1S/C11H14O6Se/c1-6(12)16-8-4-5-9(17-7(2)13)18-10(8)11(14)15-3/h4-5,8-10H,1-3H3/t8-,9-,10+/m1/s1. The second-order valence-corrected chi connectivity index (χ2v) is 6.13. The Morgan fingerprint density at radius 3 is 2.17 bits per heavy atom. The Morgan fingerprint density at radius 1 is 1.06 bits per heavy atom. The van der Waals surface area contributed by atoms with Crippen molar-refractivity contribution in [3.8, 4) is 0 Å². The van der Waals surface area contributed by atoms with E-state index in [9.17, 15) is 14.4 Å². The quantitative estimate of drug-likeness (QED) is 0.316. The van der Waals surface area contributed by atoms with Gasteiger partial charge in [-0.2, -0.15) is 0 Å². The third kappa shape index (κ3) is 4.16. The molecule has 3 atom stereocenters. The van der Waals surface area contributed by atoms with Crippen LogP contribution in [0.1, 0.15) is 13.8 Å². The van der Waals surface area contributed by atoms with Crippen LogP contribution in [0.2, 0.25) is 4.82 Å². The number of ether oxygens (including phenoxy) is 3. The van der Waals surface area contributed by atoms with E-state index < -0.39 is 33.8 Å². The van der Waals surface area contributed by atoms with Gasteiger partial charge in [0.2, 0.25) is 0 Å². The van der Waals surface area contributed by atoms with Gasteiger partial charge in [0.15, 0.2) is 0 Å². The molecule has 0 radical (unpaired) electrons. The molecular weight excluding hydrogens is 307 g/mol. The van der Waals surface area contributed by atoms with Gasteiger partial charge in [-0.05, 0) is 0 Å². The van der Waals surface area contributed by atoms with E-state index in [0.717, 1.165) is 0 Å². The van der Waals surface area contributed by atoms with Crippen LogP contribution in [-0.4, -0.2) is 51.1 Å². The Labute approximate surface area is 111 Å². The number of esters is 3. The molecule has 0 aliphatic carbocycles. The van der Waals surface area contributed by atoms with Crippen LogP contribution in [0, 0.1) is 0 Å². The molecule has 0 aromatic carbocycles. The van der Waals surface area contributed by atoms with Crippen LogP contribution in [-0.2, 0) is 28.6 Å². The van der Waals surface area contributed by atoms with Crippen molar-refractivity contribution in [3.63, 3.8) is 0 Å². The maximum atomic E-state index is 11.6. The third-order valence-electron chi connectivity index (χ3n) is 2.05. The number of methoxy groups -OCH3 is 1. The first-order chi connectivity index (χ1) is 8.43. The second-order valence-electron chi connectivity index (χ2n) is 3.52. The summed E-state index contributed by atoms with van der Waals surface area (Å²) in [5.41, 5.74) is 0. The molecule has 1 aliphatic heterocycles. The number of carbonyl (C=O) groups excluding carboxylic acids is 3. The molecule has 7 heteroatoms. The van der Waals surface area contributed by atoms with E-state index in [0.29, 0.717) is 0 Å². The fourth-order valence-corrected chi connectivity index (χ4v) is 3.85. The number of carbonyl (C=O) groups is 3. The van der Waals surface area contributed by atoms with Crippen molar-refractivity contribution in [2.24, 2.45) is 0 Å². The number of rotatable bonds is 3. The third-order valence-corrected chi connectivity index (χ3v) is 4.73. The first-order valence-electron chi connectivity index (χ1n) is 5.20. The molecule has 6 nitrogen and oxygen atoms in total. The Hall–Kier alpha value is -1.33. The minimum atomic E-state index is -0.651. The zero-order chi connectivity index (χ0) is 13.7. The molecule has 0 saturated heterocycles. The number of hydrogen-bond donors (Lipinski definition) is 0. The molecule has 0 fully saturated rings. The fourth-order valence-electron chi connectivity index (χ4n) is 1.40. The van der Waals surface area contributed by atoms with Crippen LogP contribution in [0.15, 0.2) is 12.2 Å². The van der Waals surface area contributed by atoms with E-state index in [4.69, 9.17) is 9.47 Å². The minimum absolute atomic E-state index is 0.381. The summed E-state index contributed by atoms with van der Waals surface area (Å²) in [7, 11) is 1.27. The summed E-state index contributed by atoms with van der Waals surface area (Å²) in [6.07, 6.45) is 2.54. The predicted octanol–water partition coefficient (Wildman–Crippen LogP) is 0.0428. The van der Waals surface area contributed by atoms with Crippen LogP contribution in [0.3, 0.4) is 0 Å². The zero-order valence-corrected chi connectivity index (χ0v) is 12.0. The average molecular weight is 321 g/mol. The summed E-state index contributed by atoms with van der Waals surface area (Å²) in [6.45, 7) is 2.57. The summed E-state index contributed by atoms with van der Waals surface area (Å²) in [6, 6.07) is 0. The van der Waals surface area contributed by atoms with Gasteiger partial charge in [0.25, 0.3) is 0 Å². The molecule has 0 amide bonds. The molecule has 0 aromatic heterocycles. The molecule has 1 heterocycles. The fraction of sp³-hybridized carbons (Fsp3) is 0.545. The van der Waals surface area contributed by atoms with Crippen molar-refractivity contribution >= 4 is 32.9 Å². The van der Waals surface area contributed by atoms with Crippen LogP contribution < -0.4 is 0 Å². The zero-order valence-electron chi connectivity index (χ0n) is 10.2. The molecule has 0 bridgehead atoms. The van der Waals surface area contributed by atoms with Gasteiger partial charge < -0.3 is 0 Å². The van der Waals surface area contributed by atoms with Crippen LogP contribution in [0.25, 0.3) is 0 Å². The van der Waals surface area contributed by atoms with Gasteiger partial charge in [-0.3, -0.25) is 0 Å². The Balaban J connectivity index is 2.80. The van der Waals surface area contributed by atoms with E-state index >= 15 is 0 Å². The monoisotopic (exact) mass is 322 g/mol. The maximum absolute atomic E-state index is 11.6. The van der Waals surface area contributed by atoms with Gasteiger partial charge >= 0.3 is 110 Å². The molecule has 18 heavy (non-hydrogen) atoms. The van der Waals surface area contributed by atoms with Gasteiger partial charge in [0.1, 0.15) is 0 Å². The summed E-state index contributed by atoms with van der Waals surface area (Å²) in [5.74, 6) is -1.36. The Bertz CT molecular complexity index is 378. The molecule has 100 valence electrons. The molecule has 0 saturated carbocycles. The van der Waals surface area contributed by atoms with Gasteiger partial charge in [-0.25, -0.2) is 0 Å². The van der Waals surface area contributed by atoms with Gasteiger partial charge in [0.05, 0.1) is 0 Å². The van der Waals surface area contributed by atoms with Gasteiger partial charge in [0, 0.05) is 0 Å². The summed E-state index contributed by atoms with van der Waals surface area (Å²) >= 11 is -0.381. The Morgan fingerprint density at radius 2 is 1.67 bits per heavy atom. The molecule has 0 spiro atoms. The summed E-state index contributed by atoms with van der Waals surface area (Å²) < 4.78 is 14.7. The van der Waals surface area contributed by atoms with E-state index in [1.54, 1.807) is 12.2 Å². The van der Waals surface area contributed by atoms with Gasteiger partial charge in [-0.15, -0.1) is 0 Å². The van der Waals surface area contributed by atoms with E-state index in [-0.39, 0.29) is 15.0 Å². The van der Waals surface area contributed by atoms with Crippen LogP contribution >= 0.6 is 0 Å². The van der Waals surface area contributed by atoms with Crippen molar-refractivity contribution in [1.29, 1.82) is 0 Å². The van der Waals surface area contributed by atoms with Crippen molar-refractivity contribution in [3.05, 3.63) is 12.2 Å². The van der Waals surface area contributed by atoms with E-state index in [1.165, 1.54) is 21.0 Å². The summed E-state index contributed by atoms with van der Waals surface area (Å²) in [5, 5.41) is -0.439. The molecular formula is C11H14O6Se. The van der Waals surface area contributed by atoms with E-state index in [2.05, 4.69) is 4.74 Å². The van der Waals surface area contributed by atoms with Crippen molar-refractivity contribution in [2.45, 2.75) is 29.8 Å². The Kier molecular flexibility index (Phi) is 5.37. The normalized spacial score (nSPS) is 26.3. The molecule has 1 rings (SSSR count). The van der Waals surface area contributed by atoms with Crippen molar-refractivity contribution in [2.75, 3.05) is 7.11 Å². The van der Waals surface area contributed by atoms with Gasteiger partial charge in [-0.1, -0.05) is 0 Å². The van der Waals surface area contributed by atoms with E-state index in [1.807, 2.05) is 0 Å². The average Bonchev–Trinajstić information content (AvgIpc) is 2.28. The predicted molar refractivity (Wildman–Crippen MR) is 61.8 cm³/mol. The summed E-state index contributed by atoms with van der Waals surface area (Å²) in [4.78, 5) is 32.8. The topological polar surface area (TPSA) is 78.9 Å². The first kappa shape index (κ1) is 14.7. The molecule has 0 N–H and O–H groups in total. The van der Waals surface area contributed by atoms with Crippen molar-refractivity contribution < 1.29 is 28.6 Å². The van der Waals surface area contributed by atoms with Crippen LogP contribution in [0.4, 0.5) is 0 Å². The van der Waals surface area contributed by atoms with Crippen LogP contribution in [0.5, 0.6) is 0 Å². The molecule has 0 aromatic rings. The molecule has 1 aliphatic rings. The number of hydrogen-bond acceptors (Lipinski definition) is 6. The molecule has 0 unspecified atom stereocenters.